The molecule has 142 valence electrons. The lowest BCUT2D eigenvalue weighted by molar-refractivity contribution is -0.0546. The van der Waals surface area contributed by atoms with Gasteiger partial charge in [-0.05, 0) is 72.4 Å². The molecule has 25 heavy (non-hydrogen) atoms. The fourth-order valence-electron chi connectivity index (χ4n) is 4.85. The molecule has 3 rings (SSSR count). The number of aromatic nitrogens is 2. The van der Waals surface area contributed by atoms with Gasteiger partial charge in [0, 0.05) is 42.9 Å². The van der Waals surface area contributed by atoms with Crippen LogP contribution in [0.1, 0.15) is 57.2 Å². The first kappa shape index (κ1) is 18.9. The zero-order valence-corrected chi connectivity index (χ0v) is 16.5. The average molecular weight is 349 g/mol. The normalized spacial score (nSPS) is 28.9. The van der Waals surface area contributed by atoms with Crippen LogP contribution in [0.3, 0.4) is 0 Å². The number of nitrogens with one attached hydrogen (secondary N) is 2. The third kappa shape index (κ3) is 4.09. The Morgan fingerprint density at radius 1 is 1.32 bits per heavy atom. The standard InChI is InChI=1S/C20H36N4O/c1-19(2)20(9-12-25-19)7-5-16(6-8-20)13-18-17(14-22-23-18)15-24(4)11-10-21-3/h14,16,21H,5-13,15H2,1-4H3,(H,22,23). The molecule has 1 spiro atoms. The van der Waals surface area contributed by atoms with Gasteiger partial charge in [0.05, 0.1) is 11.8 Å². The van der Waals surface area contributed by atoms with Gasteiger partial charge in [0.1, 0.15) is 0 Å². The minimum atomic E-state index is 0.0626. The van der Waals surface area contributed by atoms with Crippen molar-refractivity contribution in [3.05, 3.63) is 17.5 Å². The van der Waals surface area contributed by atoms with Crippen LogP contribution in [0.2, 0.25) is 0 Å². The van der Waals surface area contributed by atoms with E-state index in [9.17, 15) is 0 Å². The number of H-pyrrole nitrogens is 1. The fourth-order valence-corrected chi connectivity index (χ4v) is 4.85. The van der Waals surface area contributed by atoms with Crippen LogP contribution in [0, 0.1) is 11.3 Å². The number of aromatic amines is 1. The Morgan fingerprint density at radius 3 is 2.72 bits per heavy atom. The molecule has 1 aromatic rings. The highest BCUT2D eigenvalue weighted by Gasteiger charge is 2.51. The van der Waals surface area contributed by atoms with Gasteiger partial charge in [0.2, 0.25) is 0 Å². The van der Waals surface area contributed by atoms with Crippen molar-refractivity contribution in [2.75, 3.05) is 33.8 Å². The molecule has 0 atom stereocenters. The van der Waals surface area contributed by atoms with Crippen LogP contribution in [0.25, 0.3) is 0 Å². The second-order valence-electron chi connectivity index (χ2n) is 8.75. The molecule has 0 radical (unpaired) electrons. The van der Waals surface area contributed by atoms with Crippen LogP contribution in [0.4, 0.5) is 0 Å². The van der Waals surface area contributed by atoms with Crippen LogP contribution in [-0.4, -0.2) is 54.5 Å². The largest absolute Gasteiger partial charge is 0.375 e. The van der Waals surface area contributed by atoms with Crippen molar-refractivity contribution in [2.45, 2.75) is 64.5 Å². The van der Waals surface area contributed by atoms with Crippen LogP contribution in [0.15, 0.2) is 6.20 Å². The molecule has 0 aromatic carbocycles. The Kier molecular flexibility index (Phi) is 5.86. The van der Waals surface area contributed by atoms with Gasteiger partial charge in [-0.15, -0.1) is 0 Å². The Balaban J connectivity index is 1.54. The van der Waals surface area contributed by atoms with Crippen LogP contribution in [-0.2, 0) is 17.7 Å². The molecule has 1 aromatic heterocycles. The van der Waals surface area contributed by atoms with E-state index >= 15 is 0 Å². The predicted molar refractivity (Wildman–Crippen MR) is 102 cm³/mol. The number of hydrogen-bond acceptors (Lipinski definition) is 4. The molecule has 2 N–H and O–H groups in total. The number of ether oxygens (including phenoxy) is 1. The van der Waals surface area contributed by atoms with E-state index < -0.39 is 0 Å². The first-order valence-electron chi connectivity index (χ1n) is 9.94. The summed E-state index contributed by atoms with van der Waals surface area (Å²) >= 11 is 0. The maximum Gasteiger partial charge on any atom is 0.0683 e. The summed E-state index contributed by atoms with van der Waals surface area (Å²) in [6, 6.07) is 0. The summed E-state index contributed by atoms with van der Waals surface area (Å²) in [7, 11) is 4.18. The number of nitrogens with zero attached hydrogens (tertiary/aromatic N) is 2. The molecule has 2 aliphatic rings. The van der Waals surface area contributed by atoms with E-state index in [1.54, 1.807) is 0 Å². The van der Waals surface area contributed by atoms with E-state index in [1.165, 1.54) is 43.4 Å². The average Bonchev–Trinajstić information content (AvgIpc) is 3.12. The van der Waals surface area contributed by atoms with E-state index in [-0.39, 0.29) is 5.60 Å². The van der Waals surface area contributed by atoms with Crippen molar-refractivity contribution >= 4 is 0 Å². The van der Waals surface area contributed by atoms with Crippen LogP contribution < -0.4 is 5.32 Å². The third-order valence-corrected chi connectivity index (χ3v) is 6.87. The first-order chi connectivity index (χ1) is 12.0. The molecule has 1 saturated carbocycles. The Morgan fingerprint density at radius 2 is 2.08 bits per heavy atom. The second kappa shape index (κ2) is 7.77. The minimum Gasteiger partial charge on any atom is -0.375 e. The van der Waals surface area contributed by atoms with E-state index in [1.807, 2.05) is 13.2 Å². The van der Waals surface area contributed by atoms with Crippen molar-refractivity contribution < 1.29 is 4.74 Å². The van der Waals surface area contributed by atoms with Crippen molar-refractivity contribution in [3.8, 4) is 0 Å². The molecule has 5 nitrogen and oxygen atoms in total. The monoisotopic (exact) mass is 348 g/mol. The number of rotatable bonds is 7. The van der Waals surface area contributed by atoms with E-state index in [0.717, 1.165) is 38.6 Å². The van der Waals surface area contributed by atoms with E-state index in [4.69, 9.17) is 4.74 Å². The maximum atomic E-state index is 6.04. The zero-order chi connectivity index (χ0) is 17.9. The van der Waals surface area contributed by atoms with Gasteiger partial charge in [-0.25, -0.2) is 0 Å². The van der Waals surface area contributed by atoms with Crippen molar-refractivity contribution in [1.29, 1.82) is 0 Å². The lowest BCUT2D eigenvalue weighted by Gasteiger charge is -2.45. The Labute approximate surface area is 152 Å². The third-order valence-electron chi connectivity index (χ3n) is 6.87. The molecule has 1 aliphatic carbocycles. The highest BCUT2D eigenvalue weighted by molar-refractivity contribution is 5.17. The summed E-state index contributed by atoms with van der Waals surface area (Å²) in [5.41, 5.74) is 3.20. The lowest BCUT2D eigenvalue weighted by Crippen LogP contribution is -2.42. The van der Waals surface area contributed by atoms with Gasteiger partial charge in [-0.1, -0.05) is 0 Å². The minimum absolute atomic E-state index is 0.0626. The maximum absolute atomic E-state index is 6.04. The number of likely N-dealkylation sites (N-methyl/N-ethyl adjacent to an activating group) is 2. The van der Waals surface area contributed by atoms with Gasteiger partial charge in [-0.3, -0.25) is 5.10 Å². The molecule has 2 fully saturated rings. The predicted octanol–water partition coefficient (Wildman–Crippen LogP) is 2.98. The zero-order valence-electron chi connectivity index (χ0n) is 16.5. The topological polar surface area (TPSA) is 53.2 Å². The lowest BCUT2D eigenvalue weighted by atomic mass is 9.61. The SMILES string of the molecule is CNCCN(C)Cc1cn[nH]c1CC1CCC2(CCOC2(C)C)CC1. The van der Waals surface area contributed by atoms with Gasteiger partial charge < -0.3 is 15.0 Å². The van der Waals surface area contributed by atoms with Crippen molar-refractivity contribution in [3.63, 3.8) is 0 Å². The fraction of sp³-hybridized carbons (Fsp3) is 0.850. The van der Waals surface area contributed by atoms with Gasteiger partial charge in [0.15, 0.2) is 0 Å². The van der Waals surface area contributed by atoms with Gasteiger partial charge in [0.25, 0.3) is 0 Å². The molecule has 0 unspecified atom stereocenters. The van der Waals surface area contributed by atoms with Crippen LogP contribution in [0.5, 0.6) is 0 Å². The van der Waals surface area contributed by atoms with Crippen molar-refractivity contribution in [1.82, 2.24) is 20.4 Å². The quantitative estimate of drug-likeness (QED) is 0.795. The summed E-state index contributed by atoms with van der Waals surface area (Å²) in [6.07, 6.45) is 9.68. The van der Waals surface area contributed by atoms with Gasteiger partial charge >= 0.3 is 0 Å². The molecule has 2 heterocycles. The second-order valence-corrected chi connectivity index (χ2v) is 8.75. The highest BCUT2D eigenvalue weighted by atomic mass is 16.5. The Hall–Kier alpha value is -0.910. The summed E-state index contributed by atoms with van der Waals surface area (Å²) < 4.78 is 6.04. The molecular weight excluding hydrogens is 312 g/mol. The molecule has 1 aliphatic heterocycles. The first-order valence-corrected chi connectivity index (χ1v) is 9.94. The smallest absolute Gasteiger partial charge is 0.0683 e. The summed E-state index contributed by atoms with van der Waals surface area (Å²) in [5.74, 6) is 0.781. The molecule has 0 bridgehead atoms. The van der Waals surface area contributed by atoms with Crippen molar-refractivity contribution in [2.24, 2.45) is 11.3 Å². The summed E-state index contributed by atoms with van der Waals surface area (Å²) in [6.45, 7) is 8.60. The Bertz CT molecular complexity index is 546. The van der Waals surface area contributed by atoms with Gasteiger partial charge in [-0.2, -0.15) is 5.10 Å². The molecule has 0 amide bonds. The summed E-state index contributed by atoms with van der Waals surface area (Å²) in [5, 5.41) is 10.8. The molecular formula is C20H36N4O. The highest BCUT2D eigenvalue weighted by Crippen LogP contribution is 2.54. The van der Waals surface area contributed by atoms with E-state index in [0.29, 0.717) is 5.41 Å². The molecule has 1 saturated heterocycles. The molecule has 5 heteroatoms. The van der Waals surface area contributed by atoms with Crippen LogP contribution >= 0.6 is 0 Å². The number of hydrogen-bond donors (Lipinski definition) is 2. The summed E-state index contributed by atoms with van der Waals surface area (Å²) in [4.78, 5) is 2.36. The van der Waals surface area contributed by atoms with E-state index in [2.05, 4.69) is 41.3 Å².